The average Bonchev–Trinajstić information content (AvgIpc) is 2.81. The van der Waals surface area contributed by atoms with E-state index in [2.05, 4.69) is 24.1 Å². The van der Waals surface area contributed by atoms with Crippen molar-refractivity contribution in [3.05, 3.63) is 59.7 Å². The minimum Gasteiger partial charge on any atom is -0.508 e. The molecule has 2 aromatic rings. The van der Waals surface area contributed by atoms with Gasteiger partial charge in [-0.15, -0.1) is 0 Å². The number of rotatable bonds is 9. The first-order valence-corrected chi connectivity index (χ1v) is 11.4. The Morgan fingerprint density at radius 1 is 1.10 bits per heavy atom. The molecule has 1 aliphatic heterocycles. The summed E-state index contributed by atoms with van der Waals surface area (Å²) in [6, 6.07) is 15.3. The van der Waals surface area contributed by atoms with E-state index >= 15 is 0 Å². The van der Waals surface area contributed by atoms with Crippen LogP contribution in [0, 0.1) is 0 Å². The van der Waals surface area contributed by atoms with Crippen molar-refractivity contribution in [1.82, 2.24) is 15.1 Å². The van der Waals surface area contributed by atoms with Gasteiger partial charge in [-0.1, -0.05) is 44.2 Å². The van der Waals surface area contributed by atoms with Gasteiger partial charge >= 0.3 is 6.03 Å². The molecule has 1 aliphatic rings. The van der Waals surface area contributed by atoms with E-state index in [9.17, 15) is 9.90 Å². The summed E-state index contributed by atoms with van der Waals surface area (Å²) in [6.45, 7) is 9.79. The third-order valence-electron chi connectivity index (χ3n) is 6.11. The lowest BCUT2D eigenvalue weighted by Crippen LogP contribution is -2.43. The van der Waals surface area contributed by atoms with Gasteiger partial charge in [0.25, 0.3) is 0 Å². The number of benzene rings is 2. The molecule has 2 aromatic carbocycles. The molecule has 0 atom stereocenters. The molecule has 6 nitrogen and oxygen atoms in total. The number of piperidine rings is 1. The molecule has 1 heterocycles. The van der Waals surface area contributed by atoms with Gasteiger partial charge in [0, 0.05) is 31.7 Å². The highest BCUT2D eigenvalue weighted by atomic mass is 16.5. The second-order valence-corrected chi connectivity index (χ2v) is 7.99. The van der Waals surface area contributed by atoms with Gasteiger partial charge in [0.05, 0.1) is 0 Å². The van der Waals surface area contributed by atoms with Gasteiger partial charge < -0.3 is 25.0 Å². The molecule has 0 spiro atoms. The van der Waals surface area contributed by atoms with Crippen LogP contribution in [-0.2, 0) is 6.54 Å². The third kappa shape index (κ3) is 6.62. The van der Waals surface area contributed by atoms with Crippen LogP contribution in [0.15, 0.2) is 48.5 Å². The van der Waals surface area contributed by atoms with Gasteiger partial charge in [-0.3, -0.25) is 0 Å². The minimum atomic E-state index is -0.0258. The number of urea groups is 1. The number of nitrogens with zero attached hydrogens (tertiary/aromatic N) is 2. The summed E-state index contributed by atoms with van der Waals surface area (Å²) >= 11 is 0. The second-order valence-electron chi connectivity index (χ2n) is 7.99. The molecule has 3 rings (SSSR count). The molecule has 0 unspecified atom stereocenters. The van der Waals surface area contributed by atoms with E-state index in [0.717, 1.165) is 56.9 Å². The summed E-state index contributed by atoms with van der Waals surface area (Å²) in [5.74, 6) is 1.56. The molecule has 0 bridgehead atoms. The first-order chi connectivity index (χ1) is 15.1. The first-order valence-electron chi connectivity index (χ1n) is 11.4. The highest BCUT2D eigenvalue weighted by molar-refractivity contribution is 5.74. The quantitative estimate of drug-likeness (QED) is 0.632. The van der Waals surface area contributed by atoms with Crippen LogP contribution in [-0.4, -0.2) is 60.3 Å². The maximum atomic E-state index is 12.7. The number of carbonyl (C=O) groups excluding carboxylic acids is 1. The lowest BCUT2D eigenvalue weighted by molar-refractivity contribution is 0.180. The maximum Gasteiger partial charge on any atom is 0.317 e. The van der Waals surface area contributed by atoms with Crippen molar-refractivity contribution in [3.8, 4) is 11.5 Å². The van der Waals surface area contributed by atoms with Gasteiger partial charge in [0.15, 0.2) is 0 Å². The van der Waals surface area contributed by atoms with Crippen molar-refractivity contribution in [2.75, 3.05) is 39.3 Å². The number of likely N-dealkylation sites (tertiary alicyclic amines) is 1. The third-order valence-corrected chi connectivity index (χ3v) is 6.11. The Labute approximate surface area is 185 Å². The molecule has 2 amide bonds. The van der Waals surface area contributed by atoms with E-state index in [4.69, 9.17) is 4.74 Å². The fourth-order valence-corrected chi connectivity index (χ4v) is 4.06. The lowest BCUT2D eigenvalue weighted by atomic mass is 9.89. The summed E-state index contributed by atoms with van der Waals surface area (Å²) in [6.07, 6.45) is 1.87. The Morgan fingerprint density at radius 3 is 2.45 bits per heavy atom. The van der Waals surface area contributed by atoms with Gasteiger partial charge in [0.1, 0.15) is 18.1 Å². The van der Waals surface area contributed by atoms with E-state index < -0.39 is 0 Å². The highest BCUT2D eigenvalue weighted by Crippen LogP contribution is 2.29. The van der Waals surface area contributed by atoms with Gasteiger partial charge in [0.2, 0.25) is 0 Å². The number of hydrogen-bond acceptors (Lipinski definition) is 4. The largest absolute Gasteiger partial charge is 0.508 e. The first kappa shape index (κ1) is 22.9. The van der Waals surface area contributed by atoms with E-state index in [1.807, 2.05) is 41.3 Å². The summed E-state index contributed by atoms with van der Waals surface area (Å²) < 4.78 is 6.00. The molecule has 0 aliphatic carbocycles. The normalized spacial score (nSPS) is 14.6. The van der Waals surface area contributed by atoms with Crippen LogP contribution in [0.4, 0.5) is 4.79 Å². The van der Waals surface area contributed by atoms with Crippen molar-refractivity contribution in [2.45, 2.75) is 39.2 Å². The van der Waals surface area contributed by atoms with Crippen LogP contribution in [0.2, 0.25) is 0 Å². The fourth-order valence-electron chi connectivity index (χ4n) is 4.06. The number of aromatic hydroxyl groups is 1. The highest BCUT2D eigenvalue weighted by Gasteiger charge is 2.23. The zero-order valence-corrected chi connectivity index (χ0v) is 18.7. The number of carbonyl (C=O) groups is 1. The fraction of sp³-hybridized carbons (Fsp3) is 0.480. The number of phenolic OH excluding ortho intramolecular Hbond substituents is 1. The van der Waals surface area contributed by atoms with Crippen LogP contribution < -0.4 is 10.1 Å². The smallest absolute Gasteiger partial charge is 0.317 e. The second kappa shape index (κ2) is 11.6. The van der Waals surface area contributed by atoms with E-state index in [1.165, 1.54) is 5.56 Å². The van der Waals surface area contributed by atoms with Crippen LogP contribution in [0.25, 0.3) is 0 Å². The zero-order chi connectivity index (χ0) is 22.1. The molecule has 0 aromatic heterocycles. The van der Waals surface area contributed by atoms with Gasteiger partial charge in [-0.2, -0.15) is 0 Å². The van der Waals surface area contributed by atoms with E-state index in [0.29, 0.717) is 19.1 Å². The number of amides is 2. The molecule has 6 heteroatoms. The average molecular weight is 426 g/mol. The molecule has 2 N–H and O–H groups in total. The van der Waals surface area contributed by atoms with Crippen LogP contribution >= 0.6 is 0 Å². The van der Waals surface area contributed by atoms with Gasteiger partial charge in [-0.25, -0.2) is 4.79 Å². The number of phenols is 1. The Morgan fingerprint density at radius 2 is 1.77 bits per heavy atom. The Hall–Kier alpha value is -2.73. The van der Waals surface area contributed by atoms with Crippen molar-refractivity contribution in [2.24, 2.45) is 0 Å². The Kier molecular flexibility index (Phi) is 8.59. The van der Waals surface area contributed by atoms with Crippen LogP contribution in [0.3, 0.4) is 0 Å². The van der Waals surface area contributed by atoms with Crippen molar-refractivity contribution < 1.29 is 14.6 Å². The Balaban J connectivity index is 1.46. The number of para-hydroxylation sites is 1. The SMILES string of the molecule is CCN(CC)CCOc1ccccc1CNC(=O)N1CCC(c2ccc(O)cc2)CC1. The van der Waals surface area contributed by atoms with Crippen LogP contribution in [0.1, 0.15) is 43.7 Å². The van der Waals surface area contributed by atoms with Crippen molar-refractivity contribution >= 4 is 6.03 Å². The predicted molar refractivity (Wildman–Crippen MR) is 124 cm³/mol. The van der Waals surface area contributed by atoms with Crippen molar-refractivity contribution in [1.29, 1.82) is 0 Å². The standard InChI is InChI=1S/C25H35N3O3/c1-3-27(4-2)17-18-31-24-8-6-5-7-22(24)19-26-25(30)28-15-13-21(14-16-28)20-9-11-23(29)12-10-20/h5-12,21,29H,3-4,13-19H2,1-2H3,(H,26,30). The number of nitrogens with one attached hydrogen (secondary N) is 1. The molecule has 1 saturated heterocycles. The lowest BCUT2D eigenvalue weighted by Gasteiger charge is -2.32. The summed E-state index contributed by atoms with van der Waals surface area (Å²) in [5.41, 5.74) is 2.23. The number of ether oxygens (including phenoxy) is 1. The molecule has 31 heavy (non-hydrogen) atoms. The number of hydrogen-bond donors (Lipinski definition) is 2. The van der Waals surface area contributed by atoms with Gasteiger partial charge in [-0.05, 0) is 55.6 Å². The molecular weight excluding hydrogens is 390 g/mol. The molecule has 1 fully saturated rings. The molecular formula is C25H35N3O3. The van der Waals surface area contributed by atoms with E-state index in [-0.39, 0.29) is 11.8 Å². The minimum absolute atomic E-state index is 0.0258. The van der Waals surface area contributed by atoms with Crippen molar-refractivity contribution in [3.63, 3.8) is 0 Å². The Bertz CT molecular complexity index is 813. The van der Waals surface area contributed by atoms with Crippen LogP contribution in [0.5, 0.6) is 11.5 Å². The summed E-state index contributed by atoms with van der Waals surface area (Å²) in [5, 5.41) is 12.5. The summed E-state index contributed by atoms with van der Waals surface area (Å²) in [4.78, 5) is 16.9. The molecule has 0 radical (unpaired) electrons. The predicted octanol–water partition coefficient (Wildman–Crippen LogP) is 4.20. The summed E-state index contributed by atoms with van der Waals surface area (Å²) in [7, 11) is 0. The number of likely N-dealkylation sites (N-methyl/N-ethyl adjacent to an activating group) is 1. The maximum absolute atomic E-state index is 12.7. The topological polar surface area (TPSA) is 65.0 Å². The monoisotopic (exact) mass is 425 g/mol. The molecule has 168 valence electrons. The van der Waals surface area contributed by atoms with E-state index in [1.54, 1.807) is 12.1 Å². The zero-order valence-electron chi connectivity index (χ0n) is 18.7. The molecule has 0 saturated carbocycles.